The van der Waals surface area contributed by atoms with Crippen molar-refractivity contribution in [1.29, 1.82) is 0 Å². The highest BCUT2D eigenvalue weighted by molar-refractivity contribution is 9.10. The van der Waals surface area contributed by atoms with Crippen LogP contribution in [0.25, 0.3) is 0 Å². The van der Waals surface area contributed by atoms with Gasteiger partial charge < -0.3 is 5.32 Å². The number of halogens is 1. The van der Waals surface area contributed by atoms with E-state index in [0.717, 1.165) is 29.3 Å². The summed E-state index contributed by atoms with van der Waals surface area (Å²) in [4.78, 5) is 14.9. The van der Waals surface area contributed by atoms with Crippen LogP contribution in [0.15, 0.2) is 57.9 Å². The molecule has 0 saturated carbocycles. The Kier molecular flexibility index (Phi) is 7.59. The number of rotatable bonds is 8. The van der Waals surface area contributed by atoms with Crippen LogP contribution in [0.5, 0.6) is 0 Å². The number of benzene rings is 2. The first-order chi connectivity index (χ1) is 12.7. The number of carbonyl (C=O) groups is 1. The van der Waals surface area contributed by atoms with E-state index in [9.17, 15) is 13.2 Å². The van der Waals surface area contributed by atoms with Crippen molar-refractivity contribution in [3.05, 3.63) is 58.6 Å². The molecule has 0 saturated heterocycles. The van der Waals surface area contributed by atoms with Crippen LogP contribution in [0.2, 0.25) is 0 Å². The van der Waals surface area contributed by atoms with E-state index in [1.807, 2.05) is 18.2 Å². The van der Waals surface area contributed by atoms with E-state index in [1.165, 1.54) is 12.1 Å². The van der Waals surface area contributed by atoms with Crippen LogP contribution in [-0.4, -0.2) is 38.6 Å². The zero-order valence-corrected chi connectivity index (χ0v) is 18.2. The molecule has 1 atom stereocenters. The normalized spacial score (nSPS) is 12.8. The first-order valence-corrected chi connectivity index (χ1v) is 11.5. The van der Waals surface area contributed by atoms with Gasteiger partial charge in [-0.15, -0.1) is 0 Å². The van der Waals surface area contributed by atoms with E-state index in [4.69, 9.17) is 0 Å². The first kappa shape index (κ1) is 21.6. The van der Waals surface area contributed by atoms with E-state index < -0.39 is 9.84 Å². The van der Waals surface area contributed by atoms with Crippen LogP contribution in [0, 0.1) is 0 Å². The Balaban J connectivity index is 2.07. The highest BCUT2D eigenvalue weighted by Crippen LogP contribution is 2.27. The Labute approximate surface area is 169 Å². The van der Waals surface area contributed by atoms with E-state index in [1.54, 1.807) is 12.1 Å². The number of nitrogens with zero attached hydrogens (tertiary/aromatic N) is 1. The number of hydrogen-bond acceptors (Lipinski definition) is 4. The third-order valence-corrected chi connectivity index (χ3v) is 6.18. The molecule has 0 aliphatic carbocycles. The van der Waals surface area contributed by atoms with Gasteiger partial charge in [0.15, 0.2) is 9.84 Å². The van der Waals surface area contributed by atoms with Crippen molar-refractivity contribution in [2.75, 3.05) is 24.7 Å². The van der Waals surface area contributed by atoms with Crippen molar-refractivity contribution >= 4 is 37.4 Å². The first-order valence-electron chi connectivity index (χ1n) is 8.80. The van der Waals surface area contributed by atoms with Crippen molar-refractivity contribution in [3.63, 3.8) is 0 Å². The molecule has 1 unspecified atom stereocenters. The average molecular weight is 453 g/mol. The molecule has 5 nitrogen and oxygen atoms in total. The zero-order chi connectivity index (χ0) is 20.0. The van der Waals surface area contributed by atoms with Crippen molar-refractivity contribution in [1.82, 2.24) is 4.90 Å². The lowest BCUT2D eigenvalue weighted by molar-refractivity contribution is -0.117. The number of nitrogens with one attached hydrogen (secondary N) is 1. The number of hydrogen-bond donors (Lipinski definition) is 1. The summed E-state index contributed by atoms with van der Waals surface area (Å²) in [5, 5.41) is 2.84. The molecule has 0 heterocycles. The molecule has 0 aliphatic rings. The maximum absolute atomic E-state index is 12.5. The smallest absolute Gasteiger partial charge is 0.238 e. The molecule has 27 heavy (non-hydrogen) atoms. The highest BCUT2D eigenvalue weighted by atomic mass is 79.9. The van der Waals surface area contributed by atoms with Gasteiger partial charge in [0.2, 0.25) is 5.91 Å². The number of carbonyl (C=O) groups excluding carboxylic acids is 1. The SMILES string of the molecule is CCCN(CC(=O)Nc1ccc(S(C)(=O)=O)cc1)C(C)c1ccccc1Br. The van der Waals surface area contributed by atoms with Gasteiger partial charge in [-0.1, -0.05) is 41.1 Å². The van der Waals surface area contributed by atoms with Gasteiger partial charge in [-0.25, -0.2) is 8.42 Å². The average Bonchev–Trinajstić information content (AvgIpc) is 2.61. The zero-order valence-electron chi connectivity index (χ0n) is 15.8. The van der Waals surface area contributed by atoms with Gasteiger partial charge in [0.1, 0.15) is 0 Å². The predicted molar refractivity (Wildman–Crippen MR) is 113 cm³/mol. The van der Waals surface area contributed by atoms with Crippen molar-refractivity contribution < 1.29 is 13.2 Å². The van der Waals surface area contributed by atoms with Gasteiger partial charge in [-0.3, -0.25) is 9.69 Å². The molecule has 0 radical (unpaired) electrons. The molecule has 7 heteroatoms. The summed E-state index contributed by atoms with van der Waals surface area (Å²) < 4.78 is 24.1. The van der Waals surface area contributed by atoms with Gasteiger partial charge >= 0.3 is 0 Å². The largest absolute Gasteiger partial charge is 0.325 e. The highest BCUT2D eigenvalue weighted by Gasteiger charge is 2.20. The number of sulfone groups is 1. The van der Waals surface area contributed by atoms with E-state index in [-0.39, 0.29) is 23.4 Å². The van der Waals surface area contributed by atoms with E-state index >= 15 is 0 Å². The molecule has 0 aromatic heterocycles. The molecule has 0 spiro atoms. The number of amides is 1. The summed E-state index contributed by atoms with van der Waals surface area (Å²) in [6.45, 7) is 5.22. The van der Waals surface area contributed by atoms with Crippen LogP contribution in [0.4, 0.5) is 5.69 Å². The second-order valence-corrected chi connectivity index (χ2v) is 9.38. The predicted octanol–water partition coefficient (Wildman–Crippen LogP) is 4.26. The van der Waals surface area contributed by atoms with Crippen LogP contribution in [-0.2, 0) is 14.6 Å². The standard InChI is InChI=1S/C20H25BrN2O3S/c1-4-13-23(15(2)18-7-5-6-8-19(18)21)14-20(24)22-16-9-11-17(12-10-16)27(3,25)26/h5-12,15H,4,13-14H2,1-3H3,(H,22,24). The second kappa shape index (κ2) is 9.48. The fourth-order valence-electron chi connectivity index (χ4n) is 2.88. The molecule has 146 valence electrons. The van der Waals surface area contributed by atoms with Gasteiger partial charge in [-0.2, -0.15) is 0 Å². The van der Waals surface area contributed by atoms with Crippen LogP contribution < -0.4 is 5.32 Å². The minimum atomic E-state index is -3.25. The summed E-state index contributed by atoms with van der Waals surface area (Å²) in [6, 6.07) is 14.3. The molecule has 1 N–H and O–H groups in total. The molecule has 2 aromatic carbocycles. The summed E-state index contributed by atoms with van der Waals surface area (Å²) in [7, 11) is -3.25. The van der Waals surface area contributed by atoms with E-state index in [2.05, 4.69) is 46.1 Å². The van der Waals surface area contributed by atoms with Gasteiger partial charge in [0, 0.05) is 22.5 Å². The lowest BCUT2D eigenvalue weighted by Gasteiger charge is -2.29. The Bertz CT molecular complexity index is 882. The van der Waals surface area contributed by atoms with Crippen LogP contribution in [0.3, 0.4) is 0 Å². The van der Waals surface area contributed by atoms with Gasteiger partial charge in [-0.05, 0) is 55.8 Å². The molecule has 2 rings (SSSR count). The molecule has 2 aromatic rings. The van der Waals surface area contributed by atoms with Crippen LogP contribution in [0.1, 0.15) is 31.9 Å². The summed E-state index contributed by atoms with van der Waals surface area (Å²) >= 11 is 3.58. The monoisotopic (exact) mass is 452 g/mol. The Morgan fingerprint density at radius 2 is 1.78 bits per heavy atom. The van der Waals surface area contributed by atoms with E-state index in [0.29, 0.717) is 5.69 Å². The fourth-order valence-corrected chi connectivity index (χ4v) is 4.12. The summed E-state index contributed by atoms with van der Waals surface area (Å²) in [5.74, 6) is -0.130. The Hall–Kier alpha value is -1.70. The minimum Gasteiger partial charge on any atom is -0.325 e. The molecule has 0 aliphatic heterocycles. The maximum atomic E-state index is 12.5. The molecule has 1 amide bonds. The van der Waals surface area contributed by atoms with Crippen molar-refractivity contribution in [2.24, 2.45) is 0 Å². The lowest BCUT2D eigenvalue weighted by Crippen LogP contribution is -2.36. The third-order valence-electron chi connectivity index (χ3n) is 4.33. The molecular weight excluding hydrogens is 428 g/mol. The quantitative estimate of drug-likeness (QED) is 0.649. The minimum absolute atomic E-state index is 0.0823. The van der Waals surface area contributed by atoms with Gasteiger partial charge in [0.05, 0.1) is 11.4 Å². The molecule has 0 bridgehead atoms. The topological polar surface area (TPSA) is 66.5 Å². The molecule has 0 fully saturated rings. The maximum Gasteiger partial charge on any atom is 0.238 e. The van der Waals surface area contributed by atoms with Crippen LogP contribution >= 0.6 is 15.9 Å². The Morgan fingerprint density at radius 3 is 2.33 bits per heavy atom. The third kappa shape index (κ3) is 6.16. The fraction of sp³-hybridized carbons (Fsp3) is 0.350. The second-order valence-electron chi connectivity index (χ2n) is 6.51. The van der Waals surface area contributed by atoms with Gasteiger partial charge in [0.25, 0.3) is 0 Å². The summed E-state index contributed by atoms with van der Waals surface area (Å²) in [5.41, 5.74) is 1.72. The van der Waals surface area contributed by atoms with Crippen molar-refractivity contribution in [2.45, 2.75) is 31.2 Å². The lowest BCUT2D eigenvalue weighted by atomic mass is 10.1. The number of anilines is 1. The Morgan fingerprint density at radius 1 is 1.15 bits per heavy atom. The van der Waals surface area contributed by atoms with Crippen molar-refractivity contribution in [3.8, 4) is 0 Å². The molecular formula is C20H25BrN2O3S. The summed E-state index contributed by atoms with van der Waals surface area (Å²) in [6.07, 6.45) is 2.09.